The van der Waals surface area contributed by atoms with Crippen molar-refractivity contribution in [2.24, 2.45) is 4.99 Å². The number of nitrogens with zero attached hydrogens (tertiary/aromatic N) is 2. The third-order valence-corrected chi connectivity index (χ3v) is 5.46. The number of rotatable bonds is 7. The molecule has 2 unspecified atom stereocenters. The second kappa shape index (κ2) is 9.27. The topological polar surface area (TPSA) is 110 Å². The van der Waals surface area contributed by atoms with Gasteiger partial charge in [0, 0.05) is 11.6 Å². The normalized spacial score (nSPS) is 19.5. The number of carbonyl (C=O) groups is 2. The quantitative estimate of drug-likeness (QED) is 0.456. The SMILES string of the molecule is COC(=O)C1=C(C(OCC(F)(F)F)C(=O)O)NC(c2nccs2)=NC1(C)c1ccc(F)cc1. The van der Waals surface area contributed by atoms with Gasteiger partial charge in [0.15, 0.2) is 16.9 Å². The minimum absolute atomic E-state index is 0.0127. The van der Waals surface area contributed by atoms with Crippen LogP contribution < -0.4 is 5.32 Å². The van der Waals surface area contributed by atoms with Crippen LogP contribution in [0.5, 0.6) is 0 Å². The highest BCUT2D eigenvalue weighted by Gasteiger charge is 2.46. The van der Waals surface area contributed by atoms with E-state index in [0.29, 0.717) is 0 Å². The lowest BCUT2D eigenvalue weighted by Gasteiger charge is -2.36. The lowest BCUT2D eigenvalue weighted by atomic mass is 9.81. The molecule has 0 aliphatic carbocycles. The number of amidine groups is 1. The molecule has 33 heavy (non-hydrogen) atoms. The summed E-state index contributed by atoms with van der Waals surface area (Å²) in [4.78, 5) is 33.3. The van der Waals surface area contributed by atoms with Gasteiger partial charge in [0.2, 0.25) is 0 Å². The van der Waals surface area contributed by atoms with Gasteiger partial charge >= 0.3 is 18.1 Å². The number of hydrogen-bond acceptors (Lipinski definition) is 8. The van der Waals surface area contributed by atoms with Crippen LogP contribution in [0.4, 0.5) is 17.6 Å². The molecule has 1 aliphatic rings. The number of benzene rings is 1. The Morgan fingerprint density at radius 3 is 2.45 bits per heavy atom. The molecular formula is C20H17F4N3O5S. The van der Waals surface area contributed by atoms with E-state index in [2.05, 4.69) is 20.0 Å². The highest BCUT2D eigenvalue weighted by atomic mass is 32.1. The van der Waals surface area contributed by atoms with Crippen LogP contribution in [0, 0.1) is 5.82 Å². The molecule has 0 bridgehead atoms. The van der Waals surface area contributed by atoms with E-state index in [-0.39, 0.29) is 16.4 Å². The van der Waals surface area contributed by atoms with E-state index < -0.39 is 53.5 Å². The summed E-state index contributed by atoms with van der Waals surface area (Å²) in [6.07, 6.45) is -5.63. The Morgan fingerprint density at radius 2 is 1.94 bits per heavy atom. The number of aliphatic carboxylic acids is 1. The summed E-state index contributed by atoms with van der Waals surface area (Å²) in [5, 5.41) is 14.1. The first-order valence-corrected chi connectivity index (χ1v) is 10.1. The number of nitrogens with one attached hydrogen (secondary N) is 1. The van der Waals surface area contributed by atoms with Crippen molar-refractivity contribution in [2.75, 3.05) is 13.7 Å². The standard InChI is InChI=1S/C20H17F4N3O5S/c1-19(10-3-5-11(21)6-4-10)12(18(30)31-2)13(14(17(28)29)32-9-20(22,23)24)26-15(27-19)16-25-7-8-33-16/h3-8,14H,9H2,1-2H3,(H,26,27)(H,28,29). The second-order valence-electron chi connectivity index (χ2n) is 6.93. The highest BCUT2D eigenvalue weighted by molar-refractivity contribution is 7.11. The fourth-order valence-electron chi connectivity index (χ4n) is 3.25. The lowest BCUT2D eigenvalue weighted by molar-refractivity contribution is -0.189. The Balaban J connectivity index is 2.26. The Hall–Kier alpha value is -3.32. The molecular weight excluding hydrogens is 470 g/mol. The number of hydrogen-bond donors (Lipinski definition) is 2. The van der Waals surface area contributed by atoms with E-state index in [1.165, 1.54) is 25.3 Å². The molecule has 3 rings (SSSR count). The Bertz CT molecular complexity index is 1100. The minimum atomic E-state index is -4.83. The van der Waals surface area contributed by atoms with E-state index in [0.717, 1.165) is 30.6 Å². The third kappa shape index (κ3) is 5.20. The van der Waals surface area contributed by atoms with E-state index >= 15 is 0 Å². The highest BCUT2D eigenvalue weighted by Crippen LogP contribution is 2.40. The summed E-state index contributed by atoms with van der Waals surface area (Å²) in [5.41, 5.74) is -2.35. The number of aliphatic imine (C=N–C) groups is 1. The van der Waals surface area contributed by atoms with Crippen LogP contribution in [0.1, 0.15) is 17.5 Å². The van der Waals surface area contributed by atoms with Crippen molar-refractivity contribution in [2.45, 2.75) is 24.7 Å². The molecule has 1 aliphatic heterocycles. The fourth-order valence-corrected chi connectivity index (χ4v) is 3.83. The van der Waals surface area contributed by atoms with Crippen LogP contribution in [0.2, 0.25) is 0 Å². The van der Waals surface area contributed by atoms with Crippen LogP contribution in [0.15, 0.2) is 52.1 Å². The molecule has 0 spiro atoms. The summed E-state index contributed by atoms with van der Waals surface area (Å²) >= 11 is 1.11. The van der Waals surface area contributed by atoms with Gasteiger partial charge in [-0.1, -0.05) is 12.1 Å². The van der Waals surface area contributed by atoms with Crippen molar-refractivity contribution in [3.05, 3.63) is 63.5 Å². The van der Waals surface area contributed by atoms with Gasteiger partial charge in [-0.3, -0.25) is 0 Å². The van der Waals surface area contributed by atoms with Gasteiger partial charge in [-0.2, -0.15) is 13.2 Å². The molecule has 8 nitrogen and oxygen atoms in total. The average Bonchev–Trinajstić information content (AvgIpc) is 3.27. The predicted octanol–water partition coefficient (Wildman–Crippen LogP) is 3.01. The van der Waals surface area contributed by atoms with Gasteiger partial charge < -0.3 is 19.9 Å². The first kappa shape index (κ1) is 24.3. The summed E-state index contributed by atoms with van der Waals surface area (Å²) in [6, 6.07) is 4.84. The number of thiazole rings is 1. The number of methoxy groups -OCH3 is 1. The first-order valence-electron chi connectivity index (χ1n) is 9.23. The fraction of sp³-hybridized carbons (Fsp3) is 0.300. The maximum atomic E-state index is 13.6. The maximum Gasteiger partial charge on any atom is 0.411 e. The van der Waals surface area contributed by atoms with Gasteiger partial charge in [-0.05, 0) is 24.6 Å². The number of alkyl halides is 3. The maximum absolute atomic E-state index is 13.6. The van der Waals surface area contributed by atoms with Gasteiger partial charge in [-0.15, -0.1) is 11.3 Å². The Kier molecular flexibility index (Phi) is 6.84. The van der Waals surface area contributed by atoms with Crippen molar-refractivity contribution in [1.82, 2.24) is 10.3 Å². The van der Waals surface area contributed by atoms with E-state index in [1.807, 2.05) is 0 Å². The molecule has 2 N–H and O–H groups in total. The summed E-state index contributed by atoms with van der Waals surface area (Å²) in [6.45, 7) is -0.468. The third-order valence-electron chi connectivity index (χ3n) is 4.68. The first-order chi connectivity index (χ1) is 15.5. The zero-order chi connectivity index (χ0) is 24.4. The monoisotopic (exact) mass is 487 g/mol. The number of esters is 1. The van der Waals surface area contributed by atoms with Gasteiger partial charge in [0.25, 0.3) is 0 Å². The lowest BCUT2D eigenvalue weighted by Crippen LogP contribution is -2.47. The zero-order valence-corrected chi connectivity index (χ0v) is 18.0. The largest absolute Gasteiger partial charge is 0.479 e. The van der Waals surface area contributed by atoms with Crippen LogP contribution in [-0.2, 0) is 24.6 Å². The van der Waals surface area contributed by atoms with E-state index in [9.17, 15) is 32.3 Å². The summed E-state index contributed by atoms with van der Waals surface area (Å²) in [7, 11) is 1.02. The molecule has 2 aromatic rings. The molecule has 2 atom stereocenters. The molecule has 0 radical (unpaired) electrons. The van der Waals surface area contributed by atoms with Crippen LogP contribution in [-0.4, -0.2) is 53.9 Å². The predicted molar refractivity (Wildman–Crippen MR) is 108 cm³/mol. The summed E-state index contributed by atoms with van der Waals surface area (Å²) in [5.74, 6) is -3.44. The van der Waals surface area contributed by atoms with Gasteiger partial charge in [-0.25, -0.2) is 24.0 Å². The van der Waals surface area contributed by atoms with Gasteiger partial charge in [0.05, 0.1) is 18.4 Å². The molecule has 2 heterocycles. The van der Waals surface area contributed by atoms with E-state index in [4.69, 9.17) is 4.74 Å². The number of carbonyl (C=O) groups excluding carboxylic acids is 1. The zero-order valence-electron chi connectivity index (χ0n) is 17.1. The van der Waals surface area contributed by atoms with Crippen LogP contribution in [0.25, 0.3) is 0 Å². The molecule has 0 saturated carbocycles. The van der Waals surface area contributed by atoms with Crippen LogP contribution in [0.3, 0.4) is 0 Å². The second-order valence-corrected chi connectivity index (χ2v) is 7.82. The molecule has 1 aromatic heterocycles. The van der Waals surface area contributed by atoms with Crippen molar-refractivity contribution in [1.29, 1.82) is 0 Å². The Labute approximate surface area is 188 Å². The number of ether oxygens (including phenoxy) is 2. The average molecular weight is 487 g/mol. The number of aromatic nitrogens is 1. The Morgan fingerprint density at radius 1 is 1.27 bits per heavy atom. The molecule has 0 saturated heterocycles. The number of halogens is 4. The molecule has 13 heteroatoms. The van der Waals surface area contributed by atoms with Gasteiger partial charge in [0.1, 0.15) is 18.0 Å². The number of carboxylic acids is 1. The summed E-state index contributed by atoms with van der Waals surface area (Å²) < 4.78 is 61.4. The molecule has 0 fully saturated rings. The van der Waals surface area contributed by atoms with E-state index in [1.54, 1.807) is 5.38 Å². The van der Waals surface area contributed by atoms with Crippen molar-refractivity contribution < 1.29 is 41.7 Å². The molecule has 0 amide bonds. The molecule has 176 valence electrons. The van der Waals surface area contributed by atoms with Crippen molar-refractivity contribution >= 4 is 29.1 Å². The molecule has 1 aromatic carbocycles. The minimum Gasteiger partial charge on any atom is -0.479 e. The smallest absolute Gasteiger partial charge is 0.411 e. The number of carboxylic acid groups (broad SMARTS) is 1. The van der Waals surface area contributed by atoms with Crippen molar-refractivity contribution in [3.63, 3.8) is 0 Å². The van der Waals surface area contributed by atoms with Crippen LogP contribution >= 0.6 is 11.3 Å². The van der Waals surface area contributed by atoms with Crippen molar-refractivity contribution in [3.8, 4) is 0 Å².